The molecule has 2 heterocycles. The van der Waals surface area contributed by atoms with Gasteiger partial charge in [0.1, 0.15) is 18.1 Å². The monoisotopic (exact) mass is 661 g/mol. The molecule has 3 rings (SSSR count). The zero-order valence-electron chi connectivity index (χ0n) is 29.4. The Labute approximate surface area is 271 Å². The maximum Gasteiger partial charge on any atom is 0.351 e. The maximum atomic E-state index is 13.5. The Bertz CT molecular complexity index is 1340. The molecule has 2 aromatic rings. The highest BCUT2D eigenvalue weighted by Crippen LogP contribution is 2.42. The zero-order valence-corrected chi connectivity index (χ0v) is 31.4. The molecule has 0 aliphatic carbocycles. The van der Waals surface area contributed by atoms with Gasteiger partial charge in [-0.25, -0.2) is 4.79 Å². The van der Waals surface area contributed by atoms with E-state index in [0.29, 0.717) is 30.8 Å². The van der Waals surface area contributed by atoms with E-state index in [4.69, 9.17) is 23.1 Å². The average Bonchev–Trinajstić information content (AvgIpc) is 3.32. The van der Waals surface area contributed by atoms with E-state index in [1.165, 1.54) is 4.57 Å². The first-order valence-electron chi connectivity index (χ1n) is 15.9. The summed E-state index contributed by atoms with van der Waals surface area (Å²) in [6.45, 7) is 26.7. The van der Waals surface area contributed by atoms with Gasteiger partial charge < -0.3 is 28.4 Å². The van der Waals surface area contributed by atoms with Crippen LogP contribution in [-0.2, 0) is 29.7 Å². The second-order valence-corrected chi connectivity index (χ2v) is 24.4. The lowest BCUT2D eigenvalue weighted by Crippen LogP contribution is -2.48. The zero-order chi connectivity index (χ0) is 33.8. The van der Waals surface area contributed by atoms with Crippen LogP contribution < -0.4 is 11.0 Å². The number of amides is 1. The third kappa shape index (κ3) is 9.66. The predicted octanol–water partition coefficient (Wildman–Crippen LogP) is 7.09. The van der Waals surface area contributed by atoms with E-state index in [1.54, 1.807) is 37.4 Å². The molecule has 1 aliphatic rings. The molecular weight excluding hydrogens is 607 g/mol. The van der Waals surface area contributed by atoms with Crippen LogP contribution in [0.4, 0.5) is 5.82 Å². The number of nitrogens with zero attached hydrogens (tertiary/aromatic N) is 2. The number of aromatic nitrogens is 2. The molecule has 1 aliphatic heterocycles. The number of carbonyl (C=O) groups is 1. The fraction of sp³-hybridized carbons (Fsp3) is 0.667. The van der Waals surface area contributed by atoms with Gasteiger partial charge in [-0.05, 0) is 62.2 Å². The number of ether oxygens (including phenoxy) is 3. The van der Waals surface area contributed by atoms with Crippen LogP contribution in [0.2, 0.25) is 36.3 Å². The lowest BCUT2D eigenvalue weighted by Gasteiger charge is -2.40. The molecule has 0 bridgehead atoms. The van der Waals surface area contributed by atoms with Gasteiger partial charge >= 0.3 is 5.69 Å². The Morgan fingerprint density at radius 2 is 1.67 bits per heavy atom. The highest BCUT2D eigenvalue weighted by Gasteiger charge is 2.47. The lowest BCUT2D eigenvalue weighted by molar-refractivity contribution is -0.134. The summed E-state index contributed by atoms with van der Waals surface area (Å²) in [6.07, 6.45) is 0.387. The van der Waals surface area contributed by atoms with Crippen LogP contribution in [0.15, 0.2) is 41.3 Å². The summed E-state index contributed by atoms with van der Waals surface area (Å²) in [5.74, 6) is -0.235. The Hall–Kier alpha value is -2.20. The quantitative estimate of drug-likeness (QED) is 0.179. The minimum Gasteiger partial charge on any atom is -0.414 e. The second-order valence-electron chi connectivity index (χ2n) is 14.8. The molecule has 12 heteroatoms. The van der Waals surface area contributed by atoms with Crippen molar-refractivity contribution in [3.8, 4) is 0 Å². The van der Waals surface area contributed by atoms with Crippen molar-refractivity contribution in [2.75, 3.05) is 18.5 Å². The summed E-state index contributed by atoms with van der Waals surface area (Å²) in [6, 6.07) is 8.78. The van der Waals surface area contributed by atoms with Crippen LogP contribution >= 0.6 is 0 Å². The minimum absolute atomic E-state index is 0.00527. The summed E-state index contributed by atoms with van der Waals surface area (Å²) in [5.41, 5.74) is 0.436. The second kappa shape index (κ2) is 14.7. The van der Waals surface area contributed by atoms with Crippen molar-refractivity contribution >= 4 is 28.4 Å². The third-order valence-electron chi connectivity index (χ3n) is 9.33. The molecule has 1 aromatic heterocycles. The largest absolute Gasteiger partial charge is 0.414 e. The Morgan fingerprint density at radius 3 is 2.24 bits per heavy atom. The Kier molecular flexibility index (Phi) is 12.2. The first-order valence-corrected chi connectivity index (χ1v) is 21.8. The van der Waals surface area contributed by atoms with Gasteiger partial charge in [-0.3, -0.25) is 9.36 Å². The normalized spacial score (nSPS) is 20.3. The van der Waals surface area contributed by atoms with Gasteiger partial charge in [0, 0.05) is 30.4 Å². The third-order valence-corrected chi connectivity index (χ3v) is 18.3. The van der Waals surface area contributed by atoms with Gasteiger partial charge in [0.2, 0.25) is 0 Å². The van der Waals surface area contributed by atoms with Crippen molar-refractivity contribution in [2.45, 2.75) is 129 Å². The molecule has 45 heavy (non-hydrogen) atoms. The molecule has 1 aromatic carbocycles. The first-order chi connectivity index (χ1) is 20.8. The summed E-state index contributed by atoms with van der Waals surface area (Å²) in [4.78, 5) is 30.9. The molecule has 252 valence electrons. The number of hydrogen-bond donors (Lipinski definition) is 1. The van der Waals surface area contributed by atoms with Gasteiger partial charge in [-0.15, -0.1) is 0 Å². The molecule has 1 unspecified atom stereocenters. The van der Waals surface area contributed by atoms with Crippen LogP contribution in [0.3, 0.4) is 0 Å². The molecule has 0 radical (unpaired) electrons. The molecule has 1 amide bonds. The van der Waals surface area contributed by atoms with Crippen LogP contribution in [0.5, 0.6) is 0 Å². The number of benzene rings is 1. The van der Waals surface area contributed by atoms with Gasteiger partial charge in [0.05, 0.1) is 19.3 Å². The molecular formula is C33H55N3O7Si2. The number of anilines is 1. The number of nitrogens with one attached hydrogen (secondary N) is 1. The van der Waals surface area contributed by atoms with E-state index in [2.05, 4.69) is 78.0 Å². The first kappa shape index (κ1) is 37.3. The molecule has 4 atom stereocenters. The number of carbonyl (C=O) groups excluding carboxylic acids is 1. The fourth-order valence-corrected chi connectivity index (χ4v) is 6.77. The predicted molar refractivity (Wildman–Crippen MR) is 183 cm³/mol. The highest BCUT2D eigenvalue weighted by atomic mass is 28.4. The van der Waals surface area contributed by atoms with Crippen molar-refractivity contribution in [2.24, 2.45) is 0 Å². The van der Waals surface area contributed by atoms with Gasteiger partial charge in [0.15, 0.2) is 22.9 Å². The summed E-state index contributed by atoms with van der Waals surface area (Å²) in [7, 11) is -4.25. The van der Waals surface area contributed by atoms with E-state index in [-0.39, 0.29) is 40.6 Å². The van der Waals surface area contributed by atoms with Crippen molar-refractivity contribution in [1.82, 2.24) is 9.55 Å². The highest BCUT2D eigenvalue weighted by molar-refractivity contribution is 6.74. The standard InChI is InChI=1S/C33H55N3O7Si2/c1-13-39-23(2)40-21-25-20-36(31(38)35-29(25)34-30(37)24-17-15-14-16-18-24)28-19-26(43-45(11,12)33(6,7)8)27(42-28)22-41-44(9,10)32(3,4)5/h14-18,20,23,26-28H,13,19,21-22H2,1-12H3,(H,34,35,37,38)/t23?,26-,27+,28+/m0/s1. The minimum atomic E-state index is -2.18. The lowest BCUT2D eigenvalue weighted by atomic mass is 10.2. The molecule has 0 saturated carbocycles. The molecule has 1 fully saturated rings. The van der Waals surface area contributed by atoms with Gasteiger partial charge in [-0.2, -0.15) is 4.98 Å². The van der Waals surface area contributed by atoms with Crippen LogP contribution in [0, 0.1) is 0 Å². The SMILES string of the molecule is CCOC(C)OCc1cn([C@H]2C[C@H](O[Si](C)(C)C(C)(C)C)[C@@H](CO[Si](C)(C)C(C)(C)C)O2)c(=O)nc1NC(=O)c1ccccc1. The number of rotatable bonds is 13. The van der Waals surface area contributed by atoms with Crippen molar-refractivity contribution in [3.05, 3.63) is 58.1 Å². The average molecular weight is 662 g/mol. The topological polar surface area (TPSA) is 110 Å². The van der Waals surface area contributed by atoms with Gasteiger partial charge in [-0.1, -0.05) is 59.7 Å². The fourth-order valence-electron chi connectivity index (χ4n) is 4.40. The summed E-state index contributed by atoms with van der Waals surface area (Å²) < 4.78 is 33.0. The van der Waals surface area contributed by atoms with Crippen LogP contribution in [0.25, 0.3) is 0 Å². The molecule has 1 saturated heterocycles. The van der Waals surface area contributed by atoms with Crippen LogP contribution in [0.1, 0.15) is 84.0 Å². The van der Waals surface area contributed by atoms with Crippen molar-refractivity contribution in [3.63, 3.8) is 0 Å². The summed E-state index contributed by atoms with van der Waals surface area (Å²) in [5, 5.41) is 2.83. The Morgan fingerprint density at radius 1 is 1.04 bits per heavy atom. The van der Waals surface area contributed by atoms with Gasteiger partial charge in [0.25, 0.3) is 5.91 Å². The summed E-state index contributed by atoms with van der Waals surface area (Å²) >= 11 is 0. The molecule has 0 spiro atoms. The van der Waals surface area contributed by atoms with E-state index in [9.17, 15) is 9.59 Å². The van der Waals surface area contributed by atoms with E-state index in [0.717, 1.165) is 0 Å². The van der Waals surface area contributed by atoms with E-state index in [1.807, 2.05) is 13.0 Å². The van der Waals surface area contributed by atoms with Crippen molar-refractivity contribution < 1.29 is 27.9 Å². The van der Waals surface area contributed by atoms with E-state index < -0.39 is 34.8 Å². The molecule has 10 nitrogen and oxygen atoms in total. The smallest absolute Gasteiger partial charge is 0.351 e. The van der Waals surface area contributed by atoms with E-state index >= 15 is 0 Å². The van der Waals surface area contributed by atoms with Crippen LogP contribution in [-0.4, -0.2) is 63.8 Å². The van der Waals surface area contributed by atoms with Crippen molar-refractivity contribution in [1.29, 1.82) is 0 Å². The number of hydrogen-bond acceptors (Lipinski definition) is 8. The Balaban J connectivity index is 1.96. The molecule has 1 N–H and O–H groups in total. The maximum absolute atomic E-state index is 13.5.